The van der Waals surface area contributed by atoms with E-state index in [0.29, 0.717) is 6.61 Å². The fraction of sp³-hybridized carbons (Fsp3) is 0.174. The molecule has 3 aromatic carbocycles. The summed E-state index contributed by atoms with van der Waals surface area (Å²) in [4.78, 5) is 12.2. The topological polar surface area (TPSA) is 50.4 Å². The summed E-state index contributed by atoms with van der Waals surface area (Å²) < 4.78 is 5.76. The van der Waals surface area contributed by atoms with Crippen molar-refractivity contribution in [2.75, 3.05) is 17.2 Å². The minimum Gasteiger partial charge on any atom is -0.489 e. The van der Waals surface area contributed by atoms with Gasteiger partial charge in [0.25, 0.3) is 0 Å². The average molecular weight is 360 g/mol. The Bertz CT molecular complexity index is 890. The van der Waals surface area contributed by atoms with Gasteiger partial charge in [0.15, 0.2) is 0 Å². The molecule has 0 fully saturated rings. The lowest BCUT2D eigenvalue weighted by atomic mass is 10.1. The zero-order chi connectivity index (χ0) is 19.1. The Morgan fingerprint density at radius 1 is 0.889 bits per heavy atom. The van der Waals surface area contributed by atoms with Crippen molar-refractivity contribution < 1.29 is 9.53 Å². The normalized spacial score (nSPS) is 10.3. The number of ether oxygens (including phenoxy) is 1. The monoisotopic (exact) mass is 360 g/mol. The zero-order valence-corrected chi connectivity index (χ0v) is 15.7. The quantitative estimate of drug-likeness (QED) is 0.628. The van der Waals surface area contributed by atoms with Crippen LogP contribution in [0, 0.1) is 13.8 Å². The molecule has 3 rings (SSSR count). The summed E-state index contributed by atoms with van der Waals surface area (Å²) in [5, 5.41) is 6.08. The summed E-state index contributed by atoms with van der Waals surface area (Å²) >= 11 is 0. The molecule has 0 atom stereocenters. The van der Waals surface area contributed by atoms with E-state index in [1.165, 1.54) is 5.56 Å². The molecule has 4 heteroatoms. The minimum absolute atomic E-state index is 0.0890. The minimum atomic E-state index is -0.0890. The molecule has 0 spiro atoms. The molecule has 0 aliphatic rings. The van der Waals surface area contributed by atoms with Crippen LogP contribution >= 0.6 is 0 Å². The van der Waals surface area contributed by atoms with Crippen LogP contribution in [0.3, 0.4) is 0 Å². The number of rotatable bonds is 7. The van der Waals surface area contributed by atoms with Gasteiger partial charge in [0.1, 0.15) is 12.4 Å². The Labute approximate surface area is 160 Å². The highest BCUT2D eigenvalue weighted by Gasteiger charge is 2.05. The lowest BCUT2D eigenvalue weighted by Crippen LogP contribution is -2.22. The third kappa shape index (κ3) is 5.35. The van der Waals surface area contributed by atoms with Crippen LogP contribution in [0.5, 0.6) is 5.75 Å². The standard InChI is InChI=1S/C23H24N2O2/c1-17-7-6-10-22(18(17)2)24-15-23(26)25-20-11-13-21(14-12-20)27-16-19-8-4-3-5-9-19/h3-14,24H,15-16H2,1-2H3,(H,25,26). The van der Waals surface area contributed by atoms with Gasteiger partial charge in [0.2, 0.25) is 5.91 Å². The molecule has 0 unspecified atom stereocenters. The lowest BCUT2D eigenvalue weighted by Gasteiger charge is -2.12. The summed E-state index contributed by atoms with van der Waals surface area (Å²) in [6, 6.07) is 23.4. The molecule has 0 saturated carbocycles. The molecule has 4 nitrogen and oxygen atoms in total. The summed E-state index contributed by atoms with van der Waals surface area (Å²) in [5.74, 6) is 0.680. The predicted molar refractivity (Wildman–Crippen MR) is 110 cm³/mol. The van der Waals surface area contributed by atoms with E-state index in [1.54, 1.807) is 0 Å². The van der Waals surface area contributed by atoms with Gasteiger partial charge in [-0.2, -0.15) is 0 Å². The maximum Gasteiger partial charge on any atom is 0.243 e. The van der Waals surface area contributed by atoms with Crippen molar-refractivity contribution in [2.45, 2.75) is 20.5 Å². The fourth-order valence-electron chi connectivity index (χ4n) is 2.70. The van der Waals surface area contributed by atoms with Crippen molar-refractivity contribution >= 4 is 17.3 Å². The first-order chi connectivity index (χ1) is 13.1. The van der Waals surface area contributed by atoms with Crippen molar-refractivity contribution in [1.82, 2.24) is 0 Å². The van der Waals surface area contributed by atoms with Crippen molar-refractivity contribution in [3.63, 3.8) is 0 Å². The van der Waals surface area contributed by atoms with Crippen molar-refractivity contribution in [1.29, 1.82) is 0 Å². The second-order valence-corrected chi connectivity index (χ2v) is 6.45. The van der Waals surface area contributed by atoms with Gasteiger partial charge in [-0.05, 0) is 60.9 Å². The Hall–Kier alpha value is -3.27. The van der Waals surface area contributed by atoms with E-state index in [4.69, 9.17) is 4.74 Å². The third-order valence-corrected chi connectivity index (χ3v) is 4.43. The molecule has 0 saturated heterocycles. The summed E-state index contributed by atoms with van der Waals surface area (Å²) in [7, 11) is 0. The van der Waals surface area contributed by atoms with Gasteiger partial charge in [0, 0.05) is 11.4 Å². The number of carbonyl (C=O) groups excluding carboxylic acids is 1. The van der Waals surface area contributed by atoms with E-state index in [1.807, 2.05) is 73.7 Å². The smallest absolute Gasteiger partial charge is 0.243 e. The fourth-order valence-corrected chi connectivity index (χ4v) is 2.70. The van der Waals surface area contributed by atoms with Crippen molar-refractivity contribution in [2.24, 2.45) is 0 Å². The van der Waals surface area contributed by atoms with Crippen molar-refractivity contribution in [3.05, 3.63) is 89.5 Å². The van der Waals surface area contributed by atoms with E-state index in [9.17, 15) is 4.79 Å². The van der Waals surface area contributed by atoms with Crippen molar-refractivity contribution in [3.8, 4) is 5.75 Å². The maximum absolute atomic E-state index is 12.2. The van der Waals surface area contributed by atoms with Gasteiger partial charge >= 0.3 is 0 Å². The molecular weight excluding hydrogens is 336 g/mol. The van der Waals surface area contributed by atoms with Crippen LogP contribution in [0.15, 0.2) is 72.8 Å². The molecule has 0 aliphatic carbocycles. The molecule has 2 N–H and O–H groups in total. The molecule has 0 bridgehead atoms. The lowest BCUT2D eigenvalue weighted by molar-refractivity contribution is -0.114. The summed E-state index contributed by atoms with van der Waals surface area (Å²) in [5.41, 5.74) is 5.20. The number of anilines is 2. The molecule has 1 amide bonds. The second kappa shape index (κ2) is 8.90. The average Bonchev–Trinajstić information content (AvgIpc) is 2.69. The molecule has 3 aromatic rings. The number of nitrogens with one attached hydrogen (secondary N) is 2. The second-order valence-electron chi connectivity index (χ2n) is 6.45. The number of hydrogen-bond acceptors (Lipinski definition) is 3. The van der Waals surface area contributed by atoms with Gasteiger partial charge in [-0.25, -0.2) is 0 Å². The Balaban J connectivity index is 1.49. The molecule has 0 heterocycles. The highest BCUT2D eigenvalue weighted by Crippen LogP contribution is 2.19. The highest BCUT2D eigenvalue weighted by atomic mass is 16.5. The van der Waals surface area contributed by atoms with E-state index in [0.717, 1.165) is 28.3 Å². The highest BCUT2D eigenvalue weighted by molar-refractivity contribution is 5.93. The van der Waals surface area contributed by atoms with E-state index in [-0.39, 0.29) is 12.5 Å². The van der Waals surface area contributed by atoms with E-state index in [2.05, 4.69) is 23.6 Å². The molecular formula is C23H24N2O2. The Morgan fingerprint density at radius 2 is 1.63 bits per heavy atom. The molecule has 0 aromatic heterocycles. The van der Waals surface area contributed by atoms with Crippen LogP contribution < -0.4 is 15.4 Å². The molecule has 138 valence electrons. The summed E-state index contributed by atoms with van der Waals surface area (Å²) in [6.45, 7) is 4.84. The Morgan fingerprint density at radius 3 is 2.37 bits per heavy atom. The van der Waals surface area contributed by atoms with E-state index >= 15 is 0 Å². The van der Waals surface area contributed by atoms with Crippen LogP contribution in [0.2, 0.25) is 0 Å². The van der Waals surface area contributed by atoms with Gasteiger partial charge < -0.3 is 15.4 Å². The number of hydrogen-bond donors (Lipinski definition) is 2. The van der Waals surface area contributed by atoms with Crippen LogP contribution in [0.1, 0.15) is 16.7 Å². The van der Waals surface area contributed by atoms with Gasteiger partial charge in [-0.3, -0.25) is 4.79 Å². The number of carbonyl (C=O) groups is 1. The van der Waals surface area contributed by atoms with Crippen LogP contribution in [0.4, 0.5) is 11.4 Å². The van der Waals surface area contributed by atoms with Crippen LogP contribution in [0.25, 0.3) is 0 Å². The molecule has 0 radical (unpaired) electrons. The Kier molecular flexibility index (Phi) is 6.10. The molecule has 27 heavy (non-hydrogen) atoms. The van der Waals surface area contributed by atoms with Gasteiger partial charge in [-0.15, -0.1) is 0 Å². The maximum atomic E-state index is 12.2. The summed E-state index contributed by atoms with van der Waals surface area (Å²) in [6.07, 6.45) is 0. The largest absolute Gasteiger partial charge is 0.489 e. The first-order valence-corrected chi connectivity index (χ1v) is 8.98. The SMILES string of the molecule is Cc1cccc(NCC(=O)Nc2ccc(OCc3ccccc3)cc2)c1C. The zero-order valence-electron chi connectivity index (χ0n) is 15.7. The van der Waals surface area contributed by atoms with Crippen LogP contribution in [-0.4, -0.2) is 12.5 Å². The third-order valence-electron chi connectivity index (χ3n) is 4.43. The predicted octanol–water partition coefficient (Wildman–Crippen LogP) is 4.93. The van der Waals surface area contributed by atoms with Gasteiger partial charge in [-0.1, -0.05) is 42.5 Å². The van der Waals surface area contributed by atoms with Gasteiger partial charge in [0.05, 0.1) is 6.54 Å². The first-order valence-electron chi connectivity index (χ1n) is 8.98. The van der Waals surface area contributed by atoms with Crippen LogP contribution in [-0.2, 0) is 11.4 Å². The number of benzene rings is 3. The first kappa shape index (κ1) is 18.5. The number of amides is 1. The number of aryl methyl sites for hydroxylation is 1. The molecule has 0 aliphatic heterocycles. The van der Waals surface area contributed by atoms with E-state index < -0.39 is 0 Å².